The Morgan fingerprint density at radius 3 is 2.62 bits per heavy atom. The van der Waals surface area contributed by atoms with Crippen LogP contribution in [0.25, 0.3) is 0 Å². The number of carbonyl (C=O) groups excluding carboxylic acids is 2. The van der Waals surface area contributed by atoms with Crippen LogP contribution in [0, 0.1) is 5.92 Å². The maximum Gasteiger partial charge on any atom is 0.234 e. The SMILES string of the molecule is CCNC(=O)CN1CCCC(C(=O)N2CCNCC2)C1.Cl. The summed E-state index contributed by atoms with van der Waals surface area (Å²) in [5, 5.41) is 6.08. The number of piperazine rings is 1. The Hall–Kier alpha value is -0.850. The molecule has 0 aromatic rings. The lowest BCUT2D eigenvalue weighted by atomic mass is 9.96. The minimum Gasteiger partial charge on any atom is -0.355 e. The number of halogens is 1. The smallest absolute Gasteiger partial charge is 0.234 e. The molecule has 21 heavy (non-hydrogen) atoms. The quantitative estimate of drug-likeness (QED) is 0.746. The summed E-state index contributed by atoms with van der Waals surface area (Å²) in [6, 6.07) is 0. The van der Waals surface area contributed by atoms with E-state index in [0.29, 0.717) is 13.1 Å². The monoisotopic (exact) mass is 318 g/mol. The van der Waals surface area contributed by atoms with Gasteiger partial charge in [-0.15, -0.1) is 12.4 Å². The van der Waals surface area contributed by atoms with E-state index < -0.39 is 0 Å². The molecule has 0 aromatic carbocycles. The summed E-state index contributed by atoms with van der Waals surface area (Å²) in [5.41, 5.74) is 0. The van der Waals surface area contributed by atoms with Crippen molar-refractivity contribution < 1.29 is 9.59 Å². The van der Waals surface area contributed by atoms with E-state index in [1.807, 2.05) is 11.8 Å². The standard InChI is InChI=1S/C14H26N4O2.ClH/c1-2-16-13(19)11-17-7-3-4-12(10-17)14(20)18-8-5-15-6-9-18;/h12,15H,2-11H2,1H3,(H,16,19);1H. The van der Waals surface area contributed by atoms with Crippen molar-refractivity contribution in [3.05, 3.63) is 0 Å². The van der Waals surface area contributed by atoms with Gasteiger partial charge in [-0.25, -0.2) is 0 Å². The first kappa shape index (κ1) is 18.2. The second-order valence-corrected chi connectivity index (χ2v) is 5.60. The van der Waals surface area contributed by atoms with Crippen molar-refractivity contribution in [2.45, 2.75) is 19.8 Å². The number of hydrogen-bond donors (Lipinski definition) is 2. The van der Waals surface area contributed by atoms with Gasteiger partial charge in [0.1, 0.15) is 0 Å². The van der Waals surface area contributed by atoms with Gasteiger partial charge in [0.15, 0.2) is 0 Å². The average molecular weight is 319 g/mol. The van der Waals surface area contributed by atoms with Crippen molar-refractivity contribution in [2.24, 2.45) is 5.92 Å². The van der Waals surface area contributed by atoms with Crippen molar-refractivity contribution in [3.8, 4) is 0 Å². The molecule has 2 saturated heterocycles. The van der Waals surface area contributed by atoms with Crippen molar-refractivity contribution in [2.75, 3.05) is 52.4 Å². The van der Waals surface area contributed by atoms with Crippen LogP contribution in [-0.2, 0) is 9.59 Å². The zero-order chi connectivity index (χ0) is 14.4. The van der Waals surface area contributed by atoms with Crippen LogP contribution in [0.5, 0.6) is 0 Å². The second kappa shape index (κ2) is 9.23. The maximum absolute atomic E-state index is 12.5. The maximum atomic E-state index is 12.5. The first-order valence-corrected chi connectivity index (χ1v) is 7.69. The number of carbonyl (C=O) groups is 2. The number of nitrogens with zero attached hydrogens (tertiary/aromatic N) is 2. The van der Waals surface area contributed by atoms with Crippen molar-refractivity contribution >= 4 is 24.2 Å². The Labute approximate surface area is 133 Å². The number of rotatable bonds is 4. The van der Waals surface area contributed by atoms with Gasteiger partial charge >= 0.3 is 0 Å². The minimum absolute atomic E-state index is 0. The minimum atomic E-state index is 0. The lowest BCUT2D eigenvalue weighted by molar-refractivity contribution is -0.138. The third-order valence-corrected chi connectivity index (χ3v) is 4.02. The summed E-state index contributed by atoms with van der Waals surface area (Å²) in [4.78, 5) is 28.2. The zero-order valence-corrected chi connectivity index (χ0v) is 13.6. The fraction of sp³-hybridized carbons (Fsp3) is 0.857. The molecule has 2 aliphatic heterocycles. The lowest BCUT2D eigenvalue weighted by Crippen LogP contribution is -2.52. The van der Waals surface area contributed by atoms with E-state index >= 15 is 0 Å². The van der Waals surface area contributed by atoms with Gasteiger partial charge in [0.2, 0.25) is 11.8 Å². The fourth-order valence-corrected chi connectivity index (χ4v) is 3.00. The van der Waals surface area contributed by atoms with Crippen molar-refractivity contribution in [3.63, 3.8) is 0 Å². The van der Waals surface area contributed by atoms with Crippen LogP contribution < -0.4 is 10.6 Å². The highest BCUT2D eigenvalue weighted by atomic mass is 35.5. The second-order valence-electron chi connectivity index (χ2n) is 5.60. The number of amides is 2. The number of likely N-dealkylation sites (tertiary alicyclic amines) is 1. The van der Waals surface area contributed by atoms with E-state index in [4.69, 9.17) is 0 Å². The first-order chi connectivity index (χ1) is 9.70. The predicted molar refractivity (Wildman–Crippen MR) is 84.5 cm³/mol. The Morgan fingerprint density at radius 2 is 1.95 bits per heavy atom. The lowest BCUT2D eigenvalue weighted by Gasteiger charge is -2.36. The Balaban J connectivity index is 0.00000220. The predicted octanol–water partition coefficient (Wildman–Crippen LogP) is -0.312. The van der Waals surface area contributed by atoms with Crippen LogP contribution in [0.15, 0.2) is 0 Å². The van der Waals surface area contributed by atoms with E-state index in [1.165, 1.54) is 0 Å². The molecule has 2 heterocycles. The molecule has 2 aliphatic rings. The number of piperidine rings is 1. The number of nitrogens with one attached hydrogen (secondary N) is 2. The van der Waals surface area contributed by atoms with E-state index in [-0.39, 0.29) is 30.1 Å². The van der Waals surface area contributed by atoms with E-state index in [1.54, 1.807) is 0 Å². The highest BCUT2D eigenvalue weighted by Crippen LogP contribution is 2.19. The molecular formula is C14H27ClN4O2. The Morgan fingerprint density at radius 1 is 1.24 bits per heavy atom. The largest absolute Gasteiger partial charge is 0.355 e. The Bertz CT molecular complexity index is 348. The van der Waals surface area contributed by atoms with Crippen LogP contribution in [-0.4, -0.2) is 74.0 Å². The van der Waals surface area contributed by atoms with E-state index in [0.717, 1.165) is 52.1 Å². The molecule has 0 spiro atoms. The molecule has 0 saturated carbocycles. The average Bonchev–Trinajstić information content (AvgIpc) is 2.48. The molecule has 0 radical (unpaired) electrons. The molecule has 0 aliphatic carbocycles. The Kier molecular flexibility index (Phi) is 8.00. The van der Waals surface area contributed by atoms with E-state index in [2.05, 4.69) is 15.5 Å². The molecule has 1 atom stereocenters. The molecule has 0 bridgehead atoms. The van der Waals surface area contributed by atoms with Crippen molar-refractivity contribution in [1.82, 2.24) is 20.4 Å². The third kappa shape index (κ3) is 5.45. The van der Waals surface area contributed by atoms with Crippen LogP contribution in [0.3, 0.4) is 0 Å². The molecule has 2 rings (SSSR count). The van der Waals surface area contributed by atoms with Gasteiger partial charge in [0, 0.05) is 39.3 Å². The number of likely N-dealkylation sites (N-methyl/N-ethyl adjacent to an activating group) is 1. The van der Waals surface area contributed by atoms with Gasteiger partial charge in [-0.05, 0) is 26.3 Å². The van der Waals surface area contributed by atoms with E-state index in [9.17, 15) is 9.59 Å². The van der Waals surface area contributed by atoms with Crippen molar-refractivity contribution in [1.29, 1.82) is 0 Å². The number of hydrogen-bond acceptors (Lipinski definition) is 4. The van der Waals surface area contributed by atoms with Gasteiger partial charge in [0.05, 0.1) is 12.5 Å². The highest BCUT2D eigenvalue weighted by molar-refractivity contribution is 5.85. The molecule has 0 aromatic heterocycles. The molecule has 7 heteroatoms. The van der Waals surface area contributed by atoms with Gasteiger partial charge in [-0.3, -0.25) is 14.5 Å². The molecule has 1 unspecified atom stereocenters. The summed E-state index contributed by atoms with van der Waals surface area (Å²) in [7, 11) is 0. The summed E-state index contributed by atoms with van der Waals surface area (Å²) in [6.45, 7) is 8.04. The normalized spacial score (nSPS) is 23.3. The summed E-state index contributed by atoms with van der Waals surface area (Å²) >= 11 is 0. The topological polar surface area (TPSA) is 64.7 Å². The van der Waals surface area contributed by atoms with Gasteiger partial charge in [0.25, 0.3) is 0 Å². The molecule has 2 amide bonds. The van der Waals surface area contributed by atoms with Crippen LogP contribution >= 0.6 is 12.4 Å². The highest BCUT2D eigenvalue weighted by Gasteiger charge is 2.30. The molecule has 2 fully saturated rings. The molecule has 6 nitrogen and oxygen atoms in total. The van der Waals surface area contributed by atoms with Gasteiger partial charge in [-0.1, -0.05) is 0 Å². The van der Waals surface area contributed by atoms with Crippen LogP contribution in [0.4, 0.5) is 0 Å². The zero-order valence-electron chi connectivity index (χ0n) is 12.8. The molecule has 2 N–H and O–H groups in total. The fourth-order valence-electron chi connectivity index (χ4n) is 3.00. The summed E-state index contributed by atoms with van der Waals surface area (Å²) in [5.74, 6) is 0.395. The van der Waals surface area contributed by atoms with Gasteiger partial charge < -0.3 is 15.5 Å². The third-order valence-electron chi connectivity index (χ3n) is 4.02. The van der Waals surface area contributed by atoms with Crippen LogP contribution in [0.2, 0.25) is 0 Å². The summed E-state index contributed by atoms with van der Waals surface area (Å²) < 4.78 is 0. The summed E-state index contributed by atoms with van der Waals surface area (Å²) in [6.07, 6.45) is 1.95. The van der Waals surface area contributed by atoms with Crippen LogP contribution in [0.1, 0.15) is 19.8 Å². The van der Waals surface area contributed by atoms with Gasteiger partial charge in [-0.2, -0.15) is 0 Å². The first-order valence-electron chi connectivity index (χ1n) is 7.69. The molecule has 122 valence electrons. The molecular weight excluding hydrogens is 292 g/mol.